The molecule has 0 heterocycles. The van der Waals surface area contributed by atoms with Crippen molar-refractivity contribution in [2.45, 2.75) is 39.0 Å². The zero-order chi connectivity index (χ0) is 19.5. The Bertz CT molecular complexity index is 591. The molecule has 2 amide bonds. The van der Waals surface area contributed by atoms with E-state index in [1.54, 1.807) is 0 Å². The summed E-state index contributed by atoms with van der Waals surface area (Å²) in [4.78, 5) is 35.9. The molecule has 2 atom stereocenters. The summed E-state index contributed by atoms with van der Waals surface area (Å²) < 4.78 is 9.63. The van der Waals surface area contributed by atoms with Gasteiger partial charge in [-0.15, -0.1) is 0 Å². The Labute approximate surface area is 152 Å². The third kappa shape index (κ3) is 7.52. The zero-order valence-corrected chi connectivity index (χ0v) is 15.2. The molecule has 0 aliphatic rings. The molecule has 0 unspecified atom stereocenters. The van der Waals surface area contributed by atoms with Gasteiger partial charge in [-0.3, -0.25) is 4.79 Å². The quantitative estimate of drug-likeness (QED) is 0.561. The van der Waals surface area contributed by atoms with Crippen LogP contribution in [-0.2, 0) is 25.7 Å². The van der Waals surface area contributed by atoms with Crippen molar-refractivity contribution in [1.82, 2.24) is 10.6 Å². The summed E-state index contributed by atoms with van der Waals surface area (Å²) in [7, 11) is 1.15. The number of alkyl carbamates (subject to hydrolysis) is 1. The van der Waals surface area contributed by atoms with Crippen LogP contribution in [0.5, 0.6) is 0 Å². The van der Waals surface area contributed by atoms with Crippen LogP contribution in [0.15, 0.2) is 30.3 Å². The maximum Gasteiger partial charge on any atom is 0.408 e. The van der Waals surface area contributed by atoms with E-state index in [4.69, 9.17) is 4.74 Å². The Kier molecular flexibility index (Phi) is 9.14. The molecule has 0 aromatic heterocycles. The molecule has 0 aliphatic heterocycles. The average Bonchev–Trinajstić information content (AvgIpc) is 2.63. The van der Waals surface area contributed by atoms with Crippen LogP contribution in [0.1, 0.15) is 25.8 Å². The molecule has 0 aliphatic carbocycles. The molecule has 26 heavy (non-hydrogen) atoms. The van der Waals surface area contributed by atoms with Gasteiger partial charge in [-0.1, -0.05) is 44.2 Å². The Hall–Kier alpha value is -2.61. The summed E-state index contributed by atoms with van der Waals surface area (Å²) in [5.74, 6) is -1.26. The number of esters is 1. The van der Waals surface area contributed by atoms with Crippen LogP contribution in [0.4, 0.5) is 4.79 Å². The van der Waals surface area contributed by atoms with Gasteiger partial charge in [0.25, 0.3) is 0 Å². The molecule has 0 saturated heterocycles. The lowest BCUT2D eigenvalue weighted by molar-refractivity contribution is -0.146. The fourth-order valence-electron chi connectivity index (χ4n) is 2.20. The highest BCUT2D eigenvalue weighted by Crippen LogP contribution is 2.07. The van der Waals surface area contributed by atoms with E-state index in [2.05, 4.69) is 15.4 Å². The largest absolute Gasteiger partial charge is 0.467 e. The van der Waals surface area contributed by atoms with Crippen molar-refractivity contribution in [3.05, 3.63) is 35.9 Å². The first-order chi connectivity index (χ1) is 12.4. The van der Waals surface area contributed by atoms with Gasteiger partial charge in [0.2, 0.25) is 5.91 Å². The van der Waals surface area contributed by atoms with Gasteiger partial charge in [0.05, 0.1) is 13.7 Å². The second-order valence-electron chi connectivity index (χ2n) is 6.16. The van der Waals surface area contributed by atoms with Crippen molar-refractivity contribution >= 4 is 18.0 Å². The van der Waals surface area contributed by atoms with E-state index < -0.39 is 36.7 Å². The molecule has 3 N–H and O–H groups in total. The fraction of sp³-hybridized carbons (Fsp3) is 0.500. The van der Waals surface area contributed by atoms with Gasteiger partial charge in [0.15, 0.2) is 6.04 Å². The standard InChI is InChI=1S/C18H26N2O6/c1-12(2)9-14(16(22)19-15(10-21)17(23)25-3)20-18(24)26-11-13-7-5-4-6-8-13/h4-8,12,14-15,21H,9-11H2,1-3H3,(H,19,22)(H,20,24)/t14-,15-/m0/s1. The number of methoxy groups -OCH3 is 1. The predicted octanol–water partition coefficient (Wildman–Crippen LogP) is 0.978. The van der Waals surface area contributed by atoms with Crippen molar-refractivity contribution in [2.75, 3.05) is 13.7 Å². The summed E-state index contributed by atoms with van der Waals surface area (Å²) >= 11 is 0. The van der Waals surface area contributed by atoms with Crippen LogP contribution in [0, 0.1) is 5.92 Å². The number of amides is 2. The van der Waals surface area contributed by atoms with E-state index in [-0.39, 0.29) is 12.5 Å². The van der Waals surface area contributed by atoms with Gasteiger partial charge in [0, 0.05) is 0 Å². The first-order valence-corrected chi connectivity index (χ1v) is 8.33. The predicted molar refractivity (Wildman–Crippen MR) is 94.0 cm³/mol. The number of nitrogens with one attached hydrogen (secondary N) is 2. The van der Waals surface area contributed by atoms with Crippen LogP contribution in [0.2, 0.25) is 0 Å². The SMILES string of the molecule is COC(=O)[C@H](CO)NC(=O)[C@H](CC(C)C)NC(=O)OCc1ccccc1. The van der Waals surface area contributed by atoms with Crippen molar-refractivity contribution in [3.63, 3.8) is 0 Å². The number of carbonyl (C=O) groups excluding carboxylic acids is 3. The van der Waals surface area contributed by atoms with E-state index in [1.807, 2.05) is 44.2 Å². The monoisotopic (exact) mass is 366 g/mol. The number of aliphatic hydroxyl groups excluding tert-OH is 1. The maximum absolute atomic E-state index is 12.4. The molecule has 0 saturated carbocycles. The number of aliphatic hydroxyl groups is 1. The molecule has 8 heteroatoms. The van der Waals surface area contributed by atoms with Gasteiger partial charge in [0.1, 0.15) is 12.6 Å². The number of hydrogen-bond donors (Lipinski definition) is 3. The van der Waals surface area contributed by atoms with Gasteiger partial charge in [-0.05, 0) is 17.9 Å². The summed E-state index contributed by atoms with van der Waals surface area (Å²) in [6, 6.07) is 7.04. The van der Waals surface area contributed by atoms with Crippen LogP contribution in [-0.4, -0.2) is 48.9 Å². The Morgan fingerprint density at radius 3 is 2.27 bits per heavy atom. The lowest BCUT2D eigenvalue weighted by Crippen LogP contribution is -2.53. The van der Waals surface area contributed by atoms with Crippen molar-refractivity contribution < 1.29 is 29.0 Å². The van der Waals surface area contributed by atoms with E-state index in [9.17, 15) is 19.5 Å². The summed E-state index contributed by atoms with van der Waals surface area (Å²) in [5, 5.41) is 14.1. The highest BCUT2D eigenvalue weighted by molar-refractivity contribution is 5.89. The van der Waals surface area contributed by atoms with Crippen LogP contribution in [0.3, 0.4) is 0 Å². The van der Waals surface area contributed by atoms with Gasteiger partial charge >= 0.3 is 12.1 Å². The number of carbonyl (C=O) groups is 3. The first-order valence-electron chi connectivity index (χ1n) is 8.33. The van der Waals surface area contributed by atoms with Crippen LogP contribution >= 0.6 is 0 Å². The molecule has 144 valence electrons. The molecule has 0 radical (unpaired) electrons. The van der Waals surface area contributed by atoms with Gasteiger partial charge in [-0.2, -0.15) is 0 Å². The molecule has 0 bridgehead atoms. The lowest BCUT2D eigenvalue weighted by Gasteiger charge is -2.22. The molecular weight excluding hydrogens is 340 g/mol. The lowest BCUT2D eigenvalue weighted by atomic mass is 10.0. The fourth-order valence-corrected chi connectivity index (χ4v) is 2.20. The Balaban J connectivity index is 2.65. The number of benzene rings is 1. The van der Waals surface area contributed by atoms with Gasteiger partial charge in [-0.25, -0.2) is 9.59 Å². The second-order valence-corrected chi connectivity index (χ2v) is 6.16. The van der Waals surface area contributed by atoms with E-state index >= 15 is 0 Å². The van der Waals surface area contributed by atoms with E-state index in [0.717, 1.165) is 12.7 Å². The molecule has 1 aromatic carbocycles. The normalized spacial score (nSPS) is 12.8. The molecule has 1 aromatic rings. The second kappa shape index (κ2) is 11.1. The van der Waals surface area contributed by atoms with Crippen molar-refractivity contribution in [1.29, 1.82) is 0 Å². The highest BCUT2D eigenvalue weighted by atomic mass is 16.5. The third-order valence-electron chi connectivity index (χ3n) is 3.51. The molecular formula is C18H26N2O6. The molecule has 0 spiro atoms. The Morgan fingerprint density at radius 1 is 1.08 bits per heavy atom. The topological polar surface area (TPSA) is 114 Å². The third-order valence-corrected chi connectivity index (χ3v) is 3.51. The van der Waals surface area contributed by atoms with E-state index in [0.29, 0.717) is 6.42 Å². The zero-order valence-electron chi connectivity index (χ0n) is 15.2. The number of hydrogen-bond acceptors (Lipinski definition) is 6. The van der Waals surface area contributed by atoms with Crippen molar-refractivity contribution in [2.24, 2.45) is 5.92 Å². The molecule has 0 fully saturated rings. The number of ether oxygens (including phenoxy) is 2. The number of rotatable bonds is 9. The average molecular weight is 366 g/mol. The Morgan fingerprint density at radius 2 is 1.73 bits per heavy atom. The highest BCUT2D eigenvalue weighted by Gasteiger charge is 2.27. The summed E-state index contributed by atoms with van der Waals surface area (Å²) in [6.45, 7) is 3.25. The minimum absolute atomic E-state index is 0.0735. The van der Waals surface area contributed by atoms with Crippen LogP contribution in [0.25, 0.3) is 0 Å². The van der Waals surface area contributed by atoms with Gasteiger partial charge < -0.3 is 25.2 Å². The minimum atomic E-state index is -1.19. The van der Waals surface area contributed by atoms with E-state index in [1.165, 1.54) is 0 Å². The minimum Gasteiger partial charge on any atom is -0.467 e. The van der Waals surface area contributed by atoms with Crippen LogP contribution < -0.4 is 10.6 Å². The summed E-state index contributed by atoms with van der Waals surface area (Å²) in [5.41, 5.74) is 0.818. The maximum atomic E-state index is 12.4. The first kappa shape index (κ1) is 21.4. The smallest absolute Gasteiger partial charge is 0.408 e. The molecule has 1 rings (SSSR count). The van der Waals surface area contributed by atoms with Crippen molar-refractivity contribution in [3.8, 4) is 0 Å². The molecule has 8 nitrogen and oxygen atoms in total. The summed E-state index contributed by atoms with van der Waals surface area (Å²) in [6.07, 6.45) is -0.403.